The van der Waals surface area contributed by atoms with E-state index >= 15 is 0 Å². The smallest absolute Gasteiger partial charge is 0.271 e. The maximum atomic E-state index is 12.1. The summed E-state index contributed by atoms with van der Waals surface area (Å²) in [6.07, 6.45) is 6.05. The van der Waals surface area contributed by atoms with E-state index in [0.29, 0.717) is 5.56 Å². The van der Waals surface area contributed by atoms with Gasteiger partial charge in [0, 0.05) is 10.6 Å². The number of benzene rings is 1. The van der Waals surface area contributed by atoms with Crippen molar-refractivity contribution in [2.45, 2.75) is 25.2 Å². The third-order valence-electron chi connectivity index (χ3n) is 4.50. The van der Waals surface area contributed by atoms with Gasteiger partial charge in [-0.15, -0.1) is 0 Å². The summed E-state index contributed by atoms with van der Waals surface area (Å²) in [6, 6.07) is 5.76. The van der Waals surface area contributed by atoms with Crippen LogP contribution < -0.4 is 20.9 Å². The van der Waals surface area contributed by atoms with Crippen molar-refractivity contribution in [3.05, 3.63) is 56.1 Å². The molecule has 1 saturated carbocycles. The van der Waals surface area contributed by atoms with Crippen LogP contribution in [0.3, 0.4) is 0 Å². The fourth-order valence-electron chi connectivity index (χ4n) is 2.85. The van der Waals surface area contributed by atoms with Gasteiger partial charge in [-0.3, -0.25) is 9.89 Å². The van der Waals surface area contributed by atoms with Crippen LogP contribution in [0.25, 0.3) is 12.2 Å². The van der Waals surface area contributed by atoms with Crippen LogP contribution in [-0.4, -0.2) is 17.3 Å². The topological polar surface area (TPSA) is 70.2 Å². The Kier molecular flexibility index (Phi) is 2.66. The number of rotatable bonds is 3. The van der Waals surface area contributed by atoms with Gasteiger partial charge in [-0.2, -0.15) is 0 Å². The van der Waals surface area contributed by atoms with Crippen molar-refractivity contribution in [2.75, 3.05) is 7.11 Å². The molecule has 2 heterocycles. The maximum Gasteiger partial charge on any atom is 0.271 e. The number of nitrogens with zero attached hydrogens (tertiary/aromatic N) is 1. The first-order chi connectivity index (χ1) is 10.6. The van der Waals surface area contributed by atoms with Crippen LogP contribution in [0.4, 0.5) is 0 Å². The molecule has 0 amide bonds. The number of aromatic nitrogens is 2. The summed E-state index contributed by atoms with van der Waals surface area (Å²) < 4.78 is 5.23. The SMILES string of the molecule is COc1ccc2c(c1)=C/C(=C\c1c(C3(C)CC3)[nH][nH]c1=O)N=2. The Morgan fingerprint density at radius 3 is 2.86 bits per heavy atom. The van der Waals surface area contributed by atoms with Crippen molar-refractivity contribution in [1.82, 2.24) is 10.2 Å². The summed E-state index contributed by atoms with van der Waals surface area (Å²) in [7, 11) is 1.65. The fraction of sp³-hybridized carbons (Fsp3) is 0.294. The number of H-pyrrole nitrogens is 2. The van der Waals surface area contributed by atoms with E-state index in [-0.39, 0.29) is 11.0 Å². The van der Waals surface area contributed by atoms with Gasteiger partial charge in [0.25, 0.3) is 5.56 Å². The third kappa shape index (κ3) is 2.01. The summed E-state index contributed by atoms with van der Waals surface area (Å²) in [6.45, 7) is 2.17. The highest BCUT2D eigenvalue weighted by Crippen LogP contribution is 2.47. The standard InChI is InChI=1S/C17H17N3O2/c1-17(5-6-17)15-13(16(21)20-19-15)9-11-7-10-8-12(22-2)3-4-14(10)18-11/h3-4,7-9H,5-6H2,1-2H3,(H2,19,20,21)/b11-9+. The first-order valence-corrected chi connectivity index (χ1v) is 7.36. The molecule has 1 aromatic carbocycles. The van der Waals surface area contributed by atoms with Crippen LogP contribution in [0.2, 0.25) is 0 Å². The van der Waals surface area contributed by atoms with Crippen LogP contribution >= 0.6 is 0 Å². The molecule has 1 aromatic heterocycles. The summed E-state index contributed by atoms with van der Waals surface area (Å²) >= 11 is 0. The number of ether oxygens (including phenoxy) is 1. The predicted octanol–water partition coefficient (Wildman–Crippen LogP) is 1.22. The largest absolute Gasteiger partial charge is 0.497 e. The molecule has 112 valence electrons. The molecule has 0 unspecified atom stereocenters. The van der Waals surface area contributed by atoms with Crippen molar-refractivity contribution in [2.24, 2.45) is 4.99 Å². The van der Waals surface area contributed by atoms with Crippen LogP contribution in [0.1, 0.15) is 31.0 Å². The highest BCUT2D eigenvalue weighted by atomic mass is 16.5. The Labute approximate surface area is 127 Å². The van der Waals surface area contributed by atoms with Crippen molar-refractivity contribution in [1.29, 1.82) is 0 Å². The minimum atomic E-state index is -0.0900. The quantitative estimate of drug-likeness (QED) is 0.894. The molecule has 5 nitrogen and oxygen atoms in total. The molecule has 1 aliphatic heterocycles. The number of aromatic amines is 2. The molecule has 0 atom stereocenters. The predicted molar refractivity (Wildman–Crippen MR) is 84.2 cm³/mol. The lowest BCUT2D eigenvalue weighted by molar-refractivity contribution is 0.414. The zero-order valence-electron chi connectivity index (χ0n) is 12.6. The van der Waals surface area contributed by atoms with E-state index in [0.717, 1.165) is 40.6 Å². The van der Waals surface area contributed by atoms with E-state index in [1.54, 1.807) is 7.11 Å². The Morgan fingerprint density at radius 2 is 2.14 bits per heavy atom. The third-order valence-corrected chi connectivity index (χ3v) is 4.50. The Balaban J connectivity index is 1.81. The van der Waals surface area contributed by atoms with Crippen LogP contribution in [0.5, 0.6) is 5.75 Å². The molecule has 0 bridgehead atoms. The molecule has 0 saturated heterocycles. The Hall–Kier alpha value is -2.56. The zero-order chi connectivity index (χ0) is 15.3. The summed E-state index contributed by atoms with van der Waals surface area (Å²) in [4.78, 5) is 16.6. The average Bonchev–Trinajstić information content (AvgIpc) is 2.96. The Bertz CT molecular complexity index is 959. The lowest BCUT2D eigenvalue weighted by Crippen LogP contribution is -2.20. The van der Waals surface area contributed by atoms with E-state index in [9.17, 15) is 4.79 Å². The zero-order valence-corrected chi connectivity index (χ0v) is 12.6. The molecule has 1 fully saturated rings. The van der Waals surface area contributed by atoms with Gasteiger partial charge in [0.05, 0.1) is 29.4 Å². The van der Waals surface area contributed by atoms with Gasteiger partial charge in [0.2, 0.25) is 0 Å². The molecule has 2 aromatic rings. The molecule has 0 spiro atoms. The molecule has 4 rings (SSSR count). The minimum Gasteiger partial charge on any atom is -0.497 e. The maximum absolute atomic E-state index is 12.1. The van der Waals surface area contributed by atoms with E-state index in [2.05, 4.69) is 22.1 Å². The highest BCUT2D eigenvalue weighted by molar-refractivity contribution is 5.67. The number of hydrogen-bond acceptors (Lipinski definition) is 3. The number of nitrogens with one attached hydrogen (secondary N) is 2. The summed E-state index contributed by atoms with van der Waals surface area (Å²) in [5.41, 5.74) is 2.48. The lowest BCUT2D eigenvalue weighted by Gasteiger charge is -2.05. The minimum absolute atomic E-state index is 0.0900. The van der Waals surface area contributed by atoms with Crippen molar-refractivity contribution in [3.8, 4) is 5.75 Å². The average molecular weight is 295 g/mol. The van der Waals surface area contributed by atoms with Gasteiger partial charge in [-0.1, -0.05) is 6.92 Å². The molecular weight excluding hydrogens is 278 g/mol. The number of hydrogen-bond donors (Lipinski definition) is 2. The second kappa shape index (κ2) is 4.47. The summed E-state index contributed by atoms with van der Waals surface area (Å²) in [5, 5.41) is 7.64. The van der Waals surface area contributed by atoms with E-state index in [1.165, 1.54) is 0 Å². The van der Waals surface area contributed by atoms with Crippen molar-refractivity contribution in [3.63, 3.8) is 0 Å². The molecule has 5 heteroatoms. The Morgan fingerprint density at radius 1 is 1.32 bits per heavy atom. The van der Waals surface area contributed by atoms with Gasteiger partial charge in [0.15, 0.2) is 0 Å². The van der Waals surface area contributed by atoms with Crippen molar-refractivity contribution < 1.29 is 4.74 Å². The highest BCUT2D eigenvalue weighted by Gasteiger charge is 2.42. The molecule has 2 aliphatic rings. The van der Waals surface area contributed by atoms with Gasteiger partial charge in [0.1, 0.15) is 5.75 Å². The molecular formula is C17H17N3O2. The number of fused-ring (bicyclic) bond motifs is 1. The second-order valence-corrected chi connectivity index (χ2v) is 6.18. The van der Waals surface area contributed by atoms with Gasteiger partial charge in [-0.25, -0.2) is 4.99 Å². The fourth-order valence-corrected chi connectivity index (χ4v) is 2.85. The van der Waals surface area contributed by atoms with E-state index < -0.39 is 0 Å². The second-order valence-electron chi connectivity index (χ2n) is 6.18. The van der Waals surface area contributed by atoms with Gasteiger partial charge < -0.3 is 9.84 Å². The molecule has 22 heavy (non-hydrogen) atoms. The molecule has 0 radical (unpaired) electrons. The van der Waals surface area contributed by atoms with Crippen LogP contribution in [0, 0.1) is 0 Å². The van der Waals surface area contributed by atoms with Crippen LogP contribution in [0.15, 0.2) is 33.7 Å². The number of allylic oxidation sites excluding steroid dienone is 1. The molecule has 1 aliphatic carbocycles. The first-order valence-electron chi connectivity index (χ1n) is 7.36. The van der Waals surface area contributed by atoms with Crippen molar-refractivity contribution >= 4 is 12.2 Å². The van der Waals surface area contributed by atoms with E-state index in [4.69, 9.17) is 4.74 Å². The van der Waals surface area contributed by atoms with Gasteiger partial charge >= 0.3 is 0 Å². The first kappa shape index (κ1) is 13.1. The normalized spacial score (nSPS) is 19.5. The monoisotopic (exact) mass is 295 g/mol. The van der Waals surface area contributed by atoms with Crippen LogP contribution in [-0.2, 0) is 5.41 Å². The number of methoxy groups -OCH3 is 1. The lowest BCUT2D eigenvalue weighted by atomic mass is 10.0. The van der Waals surface area contributed by atoms with E-state index in [1.807, 2.05) is 30.4 Å². The summed E-state index contributed by atoms with van der Waals surface area (Å²) in [5.74, 6) is 0.803. The molecule has 2 N–H and O–H groups in total. The van der Waals surface area contributed by atoms with Gasteiger partial charge in [-0.05, 0) is 43.2 Å².